The van der Waals surface area contributed by atoms with Crippen molar-refractivity contribution in [2.24, 2.45) is 5.73 Å². The minimum atomic E-state index is -4.60. The summed E-state index contributed by atoms with van der Waals surface area (Å²) in [5.41, 5.74) is 7.38. The topological polar surface area (TPSA) is 92.1 Å². The molecule has 1 aliphatic carbocycles. The maximum absolute atomic E-state index is 12.9. The van der Waals surface area contributed by atoms with Crippen LogP contribution in [0.2, 0.25) is 5.02 Å². The maximum Gasteiger partial charge on any atom is 0.406 e. The van der Waals surface area contributed by atoms with Gasteiger partial charge in [0.2, 0.25) is 0 Å². The Labute approximate surface area is 230 Å². The Balaban J connectivity index is 1.55. The van der Waals surface area contributed by atoms with E-state index in [4.69, 9.17) is 22.1 Å². The van der Waals surface area contributed by atoms with Gasteiger partial charge in [-0.15, -0.1) is 11.3 Å². The second kappa shape index (κ2) is 10.1. The number of rotatable bonds is 6. The van der Waals surface area contributed by atoms with E-state index in [1.165, 1.54) is 11.3 Å². The zero-order valence-electron chi connectivity index (χ0n) is 21.2. The van der Waals surface area contributed by atoms with Crippen LogP contribution in [0.15, 0.2) is 52.3 Å². The molecule has 3 aromatic heterocycles. The lowest BCUT2D eigenvalue weighted by atomic mass is 10.0. The molecule has 7 nitrogen and oxygen atoms in total. The molecule has 1 aliphatic rings. The molecular formula is C27H26ClF3N4O3S. The van der Waals surface area contributed by atoms with Gasteiger partial charge in [-0.3, -0.25) is 18.9 Å². The van der Waals surface area contributed by atoms with Crippen molar-refractivity contribution in [3.8, 4) is 16.9 Å². The van der Waals surface area contributed by atoms with Gasteiger partial charge < -0.3 is 10.5 Å². The molecule has 12 heteroatoms. The molecule has 0 spiro atoms. The van der Waals surface area contributed by atoms with Gasteiger partial charge in [-0.05, 0) is 56.5 Å². The molecule has 0 radical (unpaired) electrons. The van der Waals surface area contributed by atoms with E-state index in [1.807, 2.05) is 32.0 Å². The van der Waals surface area contributed by atoms with Crippen molar-refractivity contribution in [2.75, 3.05) is 0 Å². The molecule has 39 heavy (non-hydrogen) atoms. The van der Waals surface area contributed by atoms with Crippen LogP contribution in [0.4, 0.5) is 13.2 Å². The number of nitrogens with two attached hydrogens (primary N) is 1. The number of alkyl halides is 3. The summed E-state index contributed by atoms with van der Waals surface area (Å²) in [6.45, 7) is 2.27. The summed E-state index contributed by atoms with van der Waals surface area (Å²) in [5, 5.41) is 0.535. The second-order valence-corrected chi connectivity index (χ2v) is 11.9. The van der Waals surface area contributed by atoms with Gasteiger partial charge in [0, 0.05) is 51.4 Å². The van der Waals surface area contributed by atoms with E-state index in [0.29, 0.717) is 25.7 Å². The lowest BCUT2D eigenvalue weighted by Crippen LogP contribution is -2.41. The number of aromatic nitrogens is 3. The fourth-order valence-electron chi connectivity index (χ4n) is 5.02. The van der Waals surface area contributed by atoms with E-state index in [0.717, 1.165) is 57.5 Å². The third kappa shape index (κ3) is 5.90. The summed E-state index contributed by atoms with van der Waals surface area (Å²) in [5.74, 6) is 0.693. The number of ether oxygens (including phenoxy) is 1. The number of fused-ring (bicyclic) bond motifs is 1. The number of benzene rings is 1. The highest BCUT2D eigenvalue weighted by molar-refractivity contribution is 7.19. The molecule has 2 N–H and O–H groups in total. The highest BCUT2D eigenvalue weighted by atomic mass is 35.5. The van der Waals surface area contributed by atoms with Crippen LogP contribution < -0.4 is 21.7 Å². The standard InChI is InChI=1S/C27H26ClF3N4O3S/c1-15-9-16(28)10-20(23(15)38-17-3-6-26(2,32)12-17)19-4-7-33-21-11-18(39-24(19)21)13-35-22(36)5-8-34(25(35)37)14-27(29,30)31/h4-5,7-11,17H,3,6,12-14,32H2,1-2H3/t17-,26-/m0/s1. The molecule has 2 atom stereocenters. The molecule has 3 heterocycles. The molecule has 4 aromatic rings. The average Bonchev–Trinajstić information content (AvgIpc) is 3.41. The van der Waals surface area contributed by atoms with Gasteiger partial charge in [-0.25, -0.2) is 4.79 Å². The highest BCUT2D eigenvalue weighted by Gasteiger charge is 2.34. The molecule has 0 unspecified atom stereocenters. The molecule has 0 aliphatic heterocycles. The summed E-state index contributed by atoms with van der Waals surface area (Å²) < 4.78 is 47.2. The first-order chi connectivity index (χ1) is 18.3. The van der Waals surface area contributed by atoms with Crippen LogP contribution in [0.1, 0.15) is 36.6 Å². The van der Waals surface area contributed by atoms with Crippen molar-refractivity contribution in [1.29, 1.82) is 0 Å². The van der Waals surface area contributed by atoms with Gasteiger partial charge in [0.05, 0.1) is 16.8 Å². The molecule has 0 amide bonds. The number of hydrogen-bond acceptors (Lipinski definition) is 6. The second-order valence-electron chi connectivity index (χ2n) is 10.3. The fraction of sp³-hybridized carbons (Fsp3) is 0.370. The van der Waals surface area contributed by atoms with Crippen LogP contribution in [-0.2, 0) is 13.1 Å². The van der Waals surface area contributed by atoms with Crippen molar-refractivity contribution < 1.29 is 17.9 Å². The molecule has 1 aromatic carbocycles. The van der Waals surface area contributed by atoms with Crippen molar-refractivity contribution >= 4 is 33.2 Å². The number of aryl methyl sites for hydroxylation is 1. The predicted octanol–water partition coefficient (Wildman–Crippen LogP) is 5.51. The van der Waals surface area contributed by atoms with Crippen molar-refractivity contribution in [3.05, 3.63) is 79.0 Å². The monoisotopic (exact) mass is 578 g/mol. The van der Waals surface area contributed by atoms with Crippen molar-refractivity contribution in [2.45, 2.75) is 64.0 Å². The van der Waals surface area contributed by atoms with Crippen molar-refractivity contribution in [3.63, 3.8) is 0 Å². The average molecular weight is 579 g/mol. The Morgan fingerprint density at radius 1 is 1.23 bits per heavy atom. The van der Waals surface area contributed by atoms with Gasteiger partial charge in [-0.1, -0.05) is 11.6 Å². The molecule has 0 saturated heterocycles. The maximum atomic E-state index is 12.9. The van der Waals surface area contributed by atoms with Crippen LogP contribution >= 0.6 is 22.9 Å². The smallest absolute Gasteiger partial charge is 0.406 e. The van der Waals surface area contributed by atoms with Crippen LogP contribution in [0.5, 0.6) is 5.75 Å². The minimum Gasteiger partial charge on any atom is -0.489 e. The van der Waals surface area contributed by atoms with E-state index >= 15 is 0 Å². The first-order valence-corrected chi connectivity index (χ1v) is 13.5. The van der Waals surface area contributed by atoms with E-state index in [2.05, 4.69) is 4.98 Å². The molecular weight excluding hydrogens is 553 g/mol. The Morgan fingerprint density at radius 3 is 2.69 bits per heavy atom. The van der Waals surface area contributed by atoms with Gasteiger partial charge in [0.25, 0.3) is 5.56 Å². The lowest BCUT2D eigenvalue weighted by Gasteiger charge is -2.21. The third-order valence-corrected chi connectivity index (χ3v) is 8.17. The number of pyridine rings is 1. The quantitative estimate of drug-likeness (QED) is 0.326. The summed E-state index contributed by atoms with van der Waals surface area (Å²) in [4.78, 5) is 30.1. The molecule has 206 valence electrons. The summed E-state index contributed by atoms with van der Waals surface area (Å²) in [7, 11) is 0. The summed E-state index contributed by atoms with van der Waals surface area (Å²) >= 11 is 7.75. The number of nitrogens with zero attached hydrogens (tertiary/aromatic N) is 3. The predicted molar refractivity (Wildman–Crippen MR) is 146 cm³/mol. The van der Waals surface area contributed by atoms with Gasteiger partial charge in [0.1, 0.15) is 18.4 Å². The van der Waals surface area contributed by atoms with E-state index in [9.17, 15) is 22.8 Å². The third-order valence-electron chi connectivity index (χ3n) is 6.81. The first-order valence-electron chi connectivity index (χ1n) is 12.3. The van der Waals surface area contributed by atoms with E-state index in [1.54, 1.807) is 12.3 Å². The largest absolute Gasteiger partial charge is 0.489 e. The minimum absolute atomic E-state index is 0.0429. The van der Waals surface area contributed by atoms with Gasteiger partial charge >= 0.3 is 11.9 Å². The van der Waals surface area contributed by atoms with Gasteiger partial charge in [-0.2, -0.15) is 13.2 Å². The van der Waals surface area contributed by atoms with Crippen LogP contribution in [0.3, 0.4) is 0 Å². The van der Waals surface area contributed by atoms with E-state index < -0.39 is 24.0 Å². The summed E-state index contributed by atoms with van der Waals surface area (Å²) in [6.07, 6.45) is 0.280. The fourth-order valence-corrected chi connectivity index (χ4v) is 6.42. The molecule has 1 saturated carbocycles. The normalized spacial score (nSPS) is 19.6. The Kier molecular flexibility index (Phi) is 7.11. The van der Waals surface area contributed by atoms with Crippen LogP contribution in [0, 0.1) is 6.92 Å². The molecule has 5 rings (SSSR count). The Morgan fingerprint density at radius 2 is 2.00 bits per heavy atom. The Bertz CT molecular complexity index is 1680. The molecule has 1 fully saturated rings. The first kappa shape index (κ1) is 27.4. The number of halogens is 4. The van der Waals surface area contributed by atoms with Crippen molar-refractivity contribution in [1.82, 2.24) is 14.1 Å². The number of thiophene rings is 1. The van der Waals surface area contributed by atoms with E-state index in [-0.39, 0.29) is 18.2 Å². The molecule has 0 bridgehead atoms. The highest BCUT2D eigenvalue weighted by Crippen LogP contribution is 2.43. The Hall–Kier alpha value is -3.15. The number of hydrogen-bond donors (Lipinski definition) is 1. The van der Waals surface area contributed by atoms with Crippen LogP contribution in [-0.4, -0.2) is 31.9 Å². The lowest BCUT2D eigenvalue weighted by molar-refractivity contribution is -0.141. The SMILES string of the molecule is Cc1cc(Cl)cc(-c2ccnc3cc(Cn4c(=O)ccn(CC(F)(F)F)c4=O)sc23)c1O[C@H]1CC[C@](C)(N)C1. The zero-order valence-corrected chi connectivity index (χ0v) is 22.8. The van der Waals surface area contributed by atoms with Crippen LogP contribution in [0.25, 0.3) is 21.3 Å². The zero-order chi connectivity index (χ0) is 28.1. The summed E-state index contributed by atoms with van der Waals surface area (Å²) in [6, 6.07) is 8.19. The van der Waals surface area contributed by atoms with Gasteiger partial charge in [0.15, 0.2) is 0 Å².